The molecule has 2 unspecified atom stereocenters. The largest absolute Gasteiger partial charge is 0.408 e. The molecule has 0 bridgehead atoms. The number of hydroxylamine groups is 1. The molecule has 1 aliphatic heterocycles. The van der Waals surface area contributed by atoms with Crippen LogP contribution in [0.15, 0.2) is 21.9 Å². The molecule has 10 heteroatoms. The molecule has 1 saturated heterocycles. The fraction of sp³-hybridized carbons (Fsp3) is 0.875. The minimum absolute atomic E-state index is 0.0181. The van der Waals surface area contributed by atoms with Crippen LogP contribution in [0.1, 0.15) is 124 Å². The standard InChI is InChI=1S/C32H61N3O6Si/c1-8-9-10-11-12-13-14-15-16-17-18-19-20-21-23-33-39-25-26-28(41-42(6,7)32(2,3)4)29(38-5)30(40-26)35-24-22-27(36)34-31(35)37/h22,24,26,28-30,33H,8-21,23,25H2,1-7H3,(H,34,36,37)/t26-,28?,29?,30-/m1/s1. The van der Waals surface area contributed by atoms with Gasteiger partial charge in [0.1, 0.15) is 18.3 Å². The van der Waals surface area contributed by atoms with Gasteiger partial charge in [-0.1, -0.05) is 111 Å². The van der Waals surface area contributed by atoms with Crippen LogP contribution in [-0.4, -0.2) is 56.4 Å². The number of nitrogens with one attached hydrogen (secondary N) is 2. The number of rotatable bonds is 22. The van der Waals surface area contributed by atoms with E-state index in [1.165, 1.54) is 100 Å². The SMILES string of the molecule is CCCCCCCCCCCCCCCCNOC[C@H]1O[C@@H](n2ccc(=O)[nH]c2=O)C(OC)C1O[Si](C)(C)C(C)(C)C. The highest BCUT2D eigenvalue weighted by atomic mass is 28.4. The van der Waals surface area contributed by atoms with E-state index >= 15 is 0 Å². The lowest BCUT2D eigenvalue weighted by Crippen LogP contribution is -2.50. The molecule has 4 atom stereocenters. The minimum atomic E-state index is -2.20. The summed E-state index contributed by atoms with van der Waals surface area (Å²) in [5.74, 6) is 0. The topological polar surface area (TPSA) is 104 Å². The number of hydrogen-bond donors (Lipinski definition) is 2. The summed E-state index contributed by atoms with van der Waals surface area (Å²) in [7, 11) is -0.603. The quantitative estimate of drug-likeness (QED) is 0.0840. The van der Waals surface area contributed by atoms with E-state index in [1.807, 2.05) is 0 Å². The molecule has 42 heavy (non-hydrogen) atoms. The Hall–Kier alpha value is -1.30. The maximum atomic E-state index is 12.6. The molecule has 1 fully saturated rings. The third kappa shape index (κ3) is 12.4. The van der Waals surface area contributed by atoms with Crippen molar-refractivity contribution in [2.24, 2.45) is 0 Å². The Morgan fingerprint density at radius 1 is 0.905 bits per heavy atom. The molecule has 244 valence electrons. The Balaban J connectivity index is 1.74. The van der Waals surface area contributed by atoms with Crippen molar-refractivity contribution in [1.82, 2.24) is 15.0 Å². The molecule has 0 amide bonds. The maximum Gasteiger partial charge on any atom is 0.330 e. The molecule has 0 saturated carbocycles. The number of hydrogen-bond acceptors (Lipinski definition) is 7. The number of aromatic amines is 1. The van der Waals surface area contributed by atoms with Crippen molar-refractivity contribution in [3.05, 3.63) is 33.1 Å². The van der Waals surface area contributed by atoms with Gasteiger partial charge in [0.05, 0.1) is 6.61 Å². The van der Waals surface area contributed by atoms with Crippen LogP contribution in [0.25, 0.3) is 0 Å². The van der Waals surface area contributed by atoms with E-state index in [4.69, 9.17) is 18.7 Å². The van der Waals surface area contributed by atoms with E-state index in [2.05, 4.69) is 51.3 Å². The molecule has 1 aromatic rings. The van der Waals surface area contributed by atoms with Crippen LogP contribution in [0.4, 0.5) is 0 Å². The Kier molecular flexibility index (Phi) is 16.8. The molecule has 2 heterocycles. The van der Waals surface area contributed by atoms with Gasteiger partial charge in [0.25, 0.3) is 5.56 Å². The summed E-state index contributed by atoms with van der Waals surface area (Å²) < 4.78 is 20.3. The van der Waals surface area contributed by atoms with Crippen LogP contribution in [0.2, 0.25) is 18.1 Å². The third-order valence-electron chi connectivity index (χ3n) is 8.90. The smallest absolute Gasteiger partial charge is 0.330 e. The number of H-pyrrole nitrogens is 1. The number of unbranched alkanes of at least 4 members (excludes halogenated alkanes) is 13. The first-order valence-corrected chi connectivity index (χ1v) is 19.4. The fourth-order valence-corrected chi connectivity index (χ4v) is 6.53. The van der Waals surface area contributed by atoms with Gasteiger partial charge in [-0.3, -0.25) is 19.2 Å². The lowest BCUT2D eigenvalue weighted by Gasteiger charge is -2.40. The molecular formula is C32H61N3O6Si. The molecule has 0 radical (unpaired) electrons. The highest BCUT2D eigenvalue weighted by Crippen LogP contribution is 2.41. The molecule has 0 spiro atoms. The molecule has 1 aromatic heterocycles. The van der Waals surface area contributed by atoms with E-state index in [-0.39, 0.29) is 11.6 Å². The number of aromatic nitrogens is 2. The summed E-state index contributed by atoms with van der Waals surface area (Å²) in [6.07, 6.45) is 17.9. The molecule has 2 N–H and O–H groups in total. The molecule has 1 aliphatic rings. The van der Waals surface area contributed by atoms with Crippen molar-refractivity contribution in [2.75, 3.05) is 20.3 Å². The molecule has 9 nitrogen and oxygen atoms in total. The zero-order chi connectivity index (χ0) is 31.0. The van der Waals surface area contributed by atoms with Crippen LogP contribution in [-0.2, 0) is 18.7 Å². The van der Waals surface area contributed by atoms with Crippen molar-refractivity contribution in [3.8, 4) is 0 Å². The summed E-state index contributed by atoms with van der Waals surface area (Å²) in [5.41, 5.74) is 2.10. The van der Waals surface area contributed by atoms with Crippen molar-refractivity contribution < 1.29 is 18.7 Å². The number of nitrogens with zero attached hydrogens (tertiary/aromatic N) is 1. The van der Waals surface area contributed by atoms with Gasteiger partial charge in [0, 0.05) is 25.9 Å². The van der Waals surface area contributed by atoms with E-state index in [0.717, 1.165) is 13.0 Å². The fourth-order valence-electron chi connectivity index (χ4n) is 5.21. The van der Waals surface area contributed by atoms with Gasteiger partial charge in [-0.25, -0.2) is 10.3 Å². The van der Waals surface area contributed by atoms with E-state index in [1.54, 1.807) is 7.11 Å². The Labute approximate surface area is 255 Å². The molecular weight excluding hydrogens is 550 g/mol. The summed E-state index contributed by atoms with van der Waals surface area (Å²) in [6, 6.07) is 1.31. The molecule has 0 aliphatic carbocycles. The van der Waals surface area contributed by atoms with Crippen LogP contribution in [0.3, 0.4) is 0 Å². The third-order valence-corrected chi connectivity index (χ3v) is 13.4. The lowest BCUT2D eigenvalue weighted by atomic mass is 10.0. The van der Waals surface area contributed by atoms with Gasteiger partial charge in [-0.05, 0) is 24.6 Å². The summed E-state index contributed by atoms with van der Waals surface area (Å²) in [6.45, 7) is 14.2. The van der Waals surface area contributed by atoms with Crippen molar-refractivity contribution in [1.29, 1.82) is 0 Å². The highest BCUT2D eigenvalue weighted by molar-refractivity contribution is 6.74. The molecule has 0 aromatic carbocycles. The average Bonchev–Trinajstić information content (AvgIpc) is 3.25. The summed E-state index contributed by atoms with van der Waals surface area (Å²) in [5, 5.41) is -0.0181. The van der Waals surface area contributed by atoms with Gasteiger partial charge in [0.2, 0.25) is 0 Å². The van der Waals surface area contributed by atoms with Gasteiger partial charge < -0.3 is 13.9 Å². The second-order valence-electron chi connectivity index (χ2n) is 13.4. The molecule has 2 rings (SSSR count). The van der Waals surface area contributed by atoms with Crippen molar-refractivity contribution in [3.63, 3.8) is 0 Å². The van der Waals surface area contributed by atoms with E-state index in [9.17, 15) is 9.59 Å². The normalized spacial score (nSPS) is 21.3. The summed E-state index contributed by atoms with van der Waals surface area (Å²) in [4.78, 5) is 32.4. The van der Waals surface area contributed by atoms with E-state index < -0.39 is 44.1 Å². The Bertz CT molecular complexity index is 976. The second kappa shape index (κ2) is 19.2. The second-order valence-corrected chi connectivity index (χ2v) is 18.2. The van der Waals surface area contributed by atoms with Gasteiger partial charge in [-0.2, -0.15) is 0 Å². The predicted octanol–water partition coefficient (Wildman–Crippen LogP) is 6.84. The van der Waals surface area contributed by atoms with Gasteiger partial charge in [0.15, 0.2) is 14.5 Å². The maximum absolute atomic E-state index is 12.6. The van der Waals surface area contributed by atoms with Crippen molar-refractivity contribution >= 4 is 8.32 Å². The van der Waals surface area contributed by atoms with E-state index in [0.29, 0.717) is 0 Å². The first kappa shape index (κ1) is 36.9. The zero-order valence-electron chi connectivity index (χ0n) is 27.7. The first-order valence-electron chi connectivity index (χ1n) is 16.5. The summed E-state index contributed by atoms with van der Waals surface area (Å²) >= 11 is 0. The number of methoxy groups -OCH3 is 1. The van der Waals surface area contributed by atoms with Crippen LogP contribution >= 0.6 is 0 Å². The first-order chi connectivity index (χ1) is 20.0. The highest BCUT2D eigenvalue weighted by Gasteiger charge is 2.51. The predicted molar refractivity (Wildman–Crippen MR) is 172 cm³/mol. The zero-order valence-corrected chi connectivity index (χ0v) is 28.7. The van der Waals surface area contributed by atoms with Gasteiger partial charge >= 0.3 is 5.69 Å². The minimum Gasteiger partial charge on any atom is -0.408 e. The van der Waals surface area contributed by atoms with Crippen molar-refractivity contribution in [2.45, 2.75) is 160 Å². The van der Waals surface area contributed by atoms with Crippen LogP contribution in [0.5, 0.6) is 0 Å². The Morgan fingerprint density at radius 3 is 1.95 bits per heavy atom. The average molecular weight is 612 g/mol. The van der Waals surface area contributed by atoms with Gasteiger partial charge in [-0.15, -0.1) is 0 Å². The van der Waals surface area contributed by atoms with Crippen LogP contribution < -0.4 is 16.7 Å². The lowest BCUT2D eigenvalue weighted by molar-refractivity contribution is -0.0885. The number of ether oxygens (including phenoxy) is 2. The van der Waals surface area contributed by atoms with Crippen LogP contribution in [0, 0.1) is 0 Å². The Morgan fingerprint density at radius 2 is 1.45 bits per heavy atom. The monoisotopic (exact) mass is 611 g/mol.